The highest BCUT2D eigenvalue weighted by Crippen LogP contribution is 2.34. The van der Waals surface area contributed by atoms with Crippen LogP contribution in [0.1, 0.15) is 24.2 Å². The van der Waals surface area contributed by atoms with Crippen LogP contribution in [0.3, 0.4) is 0 Å². The first-order valence-corrected chi connectivity index (χ1v) is 7.77. The maximum absolute atomic E-state index is 12.4. The Bertz CT molecular complexity index is 726. The van der Waals surface area contributed by atoms with E-state index in [1.807, 2.05) is 0 Å². The zero-order chi connectivity index (χ0) is 16.4. The molecule has 0 atom stereocenters. The van der Waals surface area contributed by atoms with E-state index in [0.717, 1.165) is 0 Å². The van der Waals surface area contributed by atoms with E-state index in [-0.39, 0.29) is 11.3 Å². The standard InChI is InChI=1S/C18H18ClNO3/c1-18(2)10-22-15-8-3-12(9-16(15)23-11-18)17(21)20-14-6-4-13(19)5-7-14/h3-9H,10-11H2,1-2H3,(H,20,21). The predicted octanol–water partition coefficient (Wildman–Crippen LogP) is 4.39. The summed E-state index contributed by atoms with van der Waals surface area (Å²) in [6.45, 7) is 5.28. The van der Waals surface area contributed by atoms with E-state index in [2.05, 4.69) is 19.2 Å². The summed E-state index contributed by atoms with van der Waals surface area (Å²) in [6, 6.07) is 12.2. The summed E-state index contributed by atoms with van der Waals surface area (Å²) in [7, 11) is 0. The van der Waals surface area contributed by atoms with Crippen LogP contribution in [0.5, 0.6) is 11.5 Å². The molecule has 0 saturated carbocycles. The molecule has 1 heterocycles. The van der Waals surface area contributed by atoms with E-state index in [1.165, 1.54) is 0 Å². The number of nitrogens with one attached hydrogen (secondary N) is 1. The molecule has 4 nitrogen and oxygen atoms in total. The maximum atomic E-state index is 12.4. The van der Waals surface area contributed by atoms with Crippen LogP contribution < -0.4 is 14.8 Å². The Balaban J connectivity index is 1.78. The molecule has 0 aliphatic carbocycles. The summed E-state index contributed by atoms with van der Waals surface area (Å²) in [4.78, 5) is 12.4. The van der Waals surface area contributed by atoms with Gasteiger partial charge in [0.25, 0.3) is 5.91 Å². The van der Waals surface area contributed by atoms with Crippen LogP contribution in [0.4, 0.5) is 5.69 Å². The van der Waals surface area contributed by atoms with Crippen molar-refractivity contribution in [1.82, 2.24) is 0 Å². The third kappa shape index (κ3) is 3.77. The lowest BCUT2D eigenvalue weighted by molar-refractivity contribution is 0.102. The molecule has 1 aliphatic heterocycles. The highest BCUT2D eigenvalue weighted by atomic mass is 35.5. The average Bonchev–Trinajstić information content (AvgIpc) is 2.68. The Hall–Kier alpha value is -2.20. The molecular formula is C18H18ClNO3. The van der Waals surface area contributed by atoms with Gasteiger partial charge < -0.3 is 14.8 Å². The molecule has 0 spiro atoms. The van der Waals surface area contributed by atoms with E-state index in [1.54, 1.807) is 42.5 Å². The maximum Gasteiger partial charge on any atom is 0.255 e. The monoisotopic (exact) mass is 331 g/mol. The van der Waals surface area contributed by atoms with Crippen molar-refractivity contribution < 1.29 is 14.3 Å². The summed E-state index contributed by atoms with van der Waals surface area (Å²) >= 11 is 5.84. The third-order valence-corrected chi connectivity index (χ3v) is 3.80. The van der Waals surface area contributed by atoms with E-state index >= 15 is 0 Å². The van der Waals surface area contributed by atoms with Gasteiger partial charge in [0, 0.05) is 21.7 Å². The molecular weight excluding hydrogens is 314 g/mol. The lowest BCUT2D eigenvalue weighted by Crippen LogP contribution is -2.26. The molecule has 3 rings (SSSR count). The van der Waals surface area contributed by atoms with Crippen LogP contribution in [-0.2, 0) is 0 Å². The van der Waals surface area contributed by atoms with Crippen molar-refractivity contribution in [3.8, 4) is 11.5 Å². The summed E-state index contributed by atoms with van der Waals surface area (Å²) in [5.41, 5.74) is 1.14. The molecule has 0 bridgehead atoms. The molecule has 1 N–H and O–H groups in total. The number of hydrogen-bond donors (Lipinski definition) is 1. The molecule has 23 heavy (non-hydrogen) atoms. The third-order valence-electron chi connectivity index (χ3n) is 3.54. The van der Waals surface area contributed by atoms with Crippen molar-refractivity contribution in [2.45, 2.75) is 13.8 Å². The summed E-state index contributed by atoms with van der Waals surface area (Å²) in [5, 5.41) is 3.46. The number of hydrogen-bond acceptors (Lipinski definition) is 3. The van der Waals surface area contributed by atoms with Gasteiger partial charge in [-0.05, 0) is 42.5 Å². The minimum Gasteiger partial charge on any atom is -0.489 e. The second kappa shape index (κ2) is 6.13. The molecule has 120 valence electrons. The fourth-order valence-corrected chi connectivity index (χ4v) is 2.33. The zero-order valence-electron chi connectivity index (χ0n) is 13.1. The largest absolute Gasteiger partial charge is 0.489 e. The van der Waals surface area contributed by atoms with E-state index < -0.39 is 0 Å². The van der Waals surface area contributed by atoms with Crippen molar-refractivity contribution in [3.05, 3.63) is 53.1 Å². The minimum absolute atomic E-state index is 0.0647. The average molecular weight is 332 g/mol. The predicted molar refractivity (Wildman–Crippen MR) is 90.6 cm³/mol. The first-order valence-electron chi connectivity index (χ1n) is 7.40. The Morgan fingerprint density at radius 3 is 2.39 bits per heavy atom. The molecule has 0 aromatic heterocycles. The van der Waals surface area contributed by atoms with Gasteiger partial charge in [0.15, 0.2) is 11.5 Å². The topological polar surface area (TPSA) is 47.6 Å². The zero-order valence-corrected chi connectivity index (χ0v) is 13.8. The number of rotatable bonds is 2. The molecule has 0 saturated heterocycles. The molecule has 5 heteroatoms. The van der Waals surface area contributed by atoms with Crippen LogP contribution >= 0.6 is 11.6 Å². The van der Waals surface area contributed by atoms with Gasteiger partial charge >= 0.3 is 0 Å². The van der Waals surface area contributed by atoms with Crippen molar-refractivity contribution >= 4 is 23.2 Å². The first-order chi connectivity index (χ1) is 10.9. The van der Waals surface area contributed by atoms with Crippen LogP contribution in [0.2, 0.25) is 5.02 Å². The molecule has 2 aromatic carbocycles. The Kier molecular flexibility index (Phi) is 4.18. The Morgan fingerprint density at radius 2 is 1.70 bits per heavy atom. The lowest BCUT2D eigenvalue weighted by atomic mass is 9.97. The second-order valence-corrected chi connectivity index (χ2v) is 6.80. The first kappa shape index (κ1) is 15.7. The lowest BCUT2D eigenvalue weighted by Gasteiger charge is -2.19. The summed E-state index contributed by atoms with van der Waals surface area (Å²) in [5.74, 6) is 1.06. The van der Waals surface area contributed by atoms with Gasteiger partial charge in [-0.2, -0.15) is 0 Å². The SMILES string of the molecule is CC1(C)COc2ccc(C(=O)Nc3ccc(Cl)cc3)cc2OC1. The number of halogens is 1. The van der Waals surface area contributed by atoms with Crippen molar-refractivity contribution in [2.24, 2.45) is 5.41 Å². The number of carbonyl (C=O) groups is 1. The summed E-state index contributed by atoms with van der Waals surface area (Å²) < 4.78 is 11.6. The quantitative estimate of drug-likeness (QED) is 0.887. The number of carbonyl (C=O) groups excluding carboxylic acids is 1. The number of amides is 1. The molecule has 1 aliphatic rings. The summed E-state index contributed by atoms with van der Waals surface area (Å²) in [6.07, 6.45) is 0. The van der Waals surface area contributed by atoms with Crippen LogP contribution in [0.25, 0.3) is 0 Å². The van der Waals surface area contributed by atoms with Gasteiger partial charge in [0.2, 0.25) is 0 Å². The van der Waals surface area contributed by atoms with Gasteiger partial charge in [0.05, 0.1) is 13.2 Å². The fraction of sp³-hybridized carbons (Fsp3) is 0.278. The number of fused-ring (bicyclic) bond motifs is 1. The van der Waals surface area contributed by atoms with Gasteiger partial charge in [-0.1, -0.05) is 25.4 Å². The van der Waals surface area contributed by atoms with E-state index in [0.29, 0.717) is 41.0 Å². The molecule has 0 fully saturated rings. The minimum atomic E-state index is -0.206. The molecule has 0 unspecified atom stereocenters. The Labute approximate surface area is 140 Å². The van der Waals surface area contributed by atoms with Crippen molar-refractivity contribution in [1.29, 1.82) is 0 Å². The van der Waals surface area contributed by atoms with Gasteiger partial charge in [-0.25, -0.2) is 0 Å². The number of anilines is 1. The van der Waals surface area contributed by atoms with Crippen molar-refractivity contribution in [3.63, 3.8) is 0 Å². The molecule has 0 radical (unpaired) electrons. The number of benzene rings is 2. The normalized spacial score (nSPS) is 15.6. The van der Waals surface area contributed by atoms with Crippen LogP contribution in [0, 0.1) is 5.41 Å². The molecule has 1 amide bonds. The van der Waals surface area contributed by atoms with Gasteiger partial charge in [-0.3, -0.25) is 4.79 Å². The van der Waals surface area contributed by atoms with Gasteiger partial charge in [-0.15, -0.1) is 0 Å². The van der Waals surface area contributed by atoms with Gasteiger partial charge in [0.1, 0.15) is 0 Å². The highest BCUT2D eigenvalue weighted by molar-refractivity contribution is 6.30. The molecule has 2 aromatic rings. The fourth-order valence-electron chi connectivity index (χ4n) is 2.21. The van der Waals surface area contributed by atoms with E-state index in [4.69, 9.17) is 21.1 Å². The van der Waals surface area contributed by atoms with Crippen molar-refractivity contribution in [2.75, 3.05) is 18.5 Å². The number of ether oxygens (including phenoxy) is 2. The highest BCUT2D eigenvalue weighted by Gasteiger charge is 2.25. The second-order valence-electron chi connectivity index (χ2n) is 6.36. The van der Waals surface area contributed by atoms with Crippen LogP contribution in [0.15, 0.2) is 42.5 Å². The van der Waals surface area contributed by atoms with E-state index in [9.17, 15) is 4.79 Å². The smallest absolute Gasteiger partial charge is 0.255 e. The Morgan fingerprint density at radius 1 is 1.04 bits per heavy atom. The van der Waals surface area contributed by atoms with Crippen LogP contribution in [-0.4, -0.2) is 19.1 Å².